The Kier molecular flexibility index (Phi) is 6.42. The summed E-state index contributed by atoms with van der Waals surface area (Å²) < 4.78 is 11.3. The zero-order valence-electron chi connectivity index (χ0n) is 27.4. The molecule has 0 aliphatic carbocycles. The quantitative estimate of drug-likeness (QED) is 0.169. The first-order chi connectivity index (χ1) is 24.6. The first-order valence-corrected chi connectivity index (χ1v) is 17.6. The number of aromatic nitrogens is 1. The molecule has 0 N–H and O–H groups in total. The van der Waals surface area contributed by atoms with Crippen LogP contribution in [0, 0.1) is 0 Å². The largest absolute Gasteiger partial charge is 0.456 e. The molecule has 0 amide bonds. The first-order valence-electron chi connectivity index (χ1n) is 16.8. The van der Waals surface area contributed by atoms with E-state index < -0.39 is 0 Å². The van der Waals surface area contributed by atoms with Gasteiger partial charge in [-0.2, -0.15) is 0 Å². The maximum atomic E-state index is 6.34. The topological polar surface area (TPSA) is 30.4 Å². The Balaban J connectivity index is 1.01. The maximum absolute atomic E-state index is 6.34. The number of hydrogen-bond donors (Lipinski definition) is 0. The fourth-order valence-corrected chi connectivity index (χ4v) is 8.56. The number of furan rings is 1. The second-order valence-electron chi connectivity index (χ2n) is 12.9. The van der Waals surface area contributed by atoms with Crippen molar-refractivity contribution < 1.29 is 4.42 Å². The summed E-state index contributed by atoms with van der Waals surface area (Å²) in [5.74, 6) is 0. The van der Waals surface area contributed by atoms with E-state index in [9.17, 15) is 0 Å². The van der Waals surface area contributed by atoms with Crippen LogP contribution in [-0.2, 0) is 0 Å². The van der Waals surface area contributed by atoms with E-state index >= 15 is 0 Å². The van der Waals surface area contributed by atoms with Crippen molar-refractivity contribution in [3.05, 3.63) is 169 Å². The van der Waals surface area contributed by atoms with Gasteiger partial charge in [-0.05, 0) is 84.3 Å². The van der Waals surface area contributed by atoms with Crippen molar-refractivity contribution in [3.63, 3.8) is 0 Å². The van der Waals surface area contributed by atoms with Crippen LogP contribution in [0.25, 0.3) is 86.4 Å². The van der Waals surface area contributed by atoms with E-state index in [1.807, 2.05) is 36.5 Å². The second kappa shape index (κ2) is 11.2. The molecule has 10 rings (SSSR count). The fraction of sp³-hybridized carbons (Fsp3) is 0.0217. The Morgan fingerprint density at radius 2 is 1.24 bits per heavy atom. The van der Waals surface area contributed by atoms with Crippen molar-refractivity contribution in [2.45, 2.75) is 6.92 Å². The number of benzene rings is 7. The first kappa shape index (κ1) is 28.8. The van der Waals surface area contributed by atoms with Crippen LogP contribution in [0.5, 0.6) is 0 Å². The number of nitrogens with zero attached hydrogens (tertiary/aromatic N) is 2. The van der Waals surface area contributed by atoms with Crippen LogP contribution in [0.15, 0.2) is 168 Å². The summed E-state index contributed by atoms with van der Waals surface area (Å²) in [7, 11) is 0. The Hall–Kier alpha value is -6.23. The Morgan fingerprint density at radius 3 is 2.04 bits per heavy atom. The lowest BCUT2D eigenvalue weighted by Gasteiger charge is -2.08. The highest BCUT2D eigenvalue weighted by Crippen LogP contribution is 2.40. The summed E-state index contributed by atoms with van der Waals surface area (Å²) in [5.41, 5.74) is 11.4. The van der Waals surface area contributed by atoms with Gasteiger partial charge in [0.05, 0.1) is 16.7 Å². The number of para-hydroxylation sites is 2. The lowest BCUT2D eigenvalue weighted by molar-refractivity contribution is 0.669. The molecule has 3 aromatic heterocycles. The lowest BCUT2D eigenvalue weighted by Crippen LogP contribution is -1.94. The van der Waals surface area contributed by atoms with E-state index in [0.29, 0.717) is 5.70 Å². The van der Waals surface area contributed by atoms with E-state index in [1.54, 1.807) is 0 Å². The van der Waals surface area contributed by atoms with Crippen LogP contribution in [0.1, 0.15) is 18.1 Å². The summed E-state index contributed by atoms with van der Waals surface area (Å²) >= 11 is 1.85. The van der Waals surface area contributed by atoms with Crippen LogP contribution in [0.2, 0.25) is 0 Å². The third-order valence-corrected chi connectivity index (χ3v) is 11.1. The van der Waals surface area contributed by atoms with E-state index in [4.69, 9.17) is 9.41 Å². The molecule has 3 nitrogen and oxygen atoms in total. The van der Waals surface area contributed by atoms with Crippen molar-refractivity contribution >= 4 is 86.7 Å². The smallest absolute Gasteiger partial charge is 0.136 e. The number of thiophene rings is 1. The molecular weight excluding hydrogens is 629 g/mol. The Morgan fingerprint density at radius 1 is 0.540 bits per heavy atom. The third-order valence-electron chi connectivity index (χ3n) is 9.93. The van der Waals surface area contributed by atoms with Gasteiger partial charge in [0.25, 0.3) is 0 Å². The minimum absolute atomic E-state index is 0.716. The zero-order valence-corrected chi connectivity index (χ0v) is 28.2. The fourth-order valence-electron chi connectivity index (χ4n) is 7.43. The summed E-state index contributed by atoms with van der Waals surface area (Å²) in [6.45, 7) is 6.27. The molecule has 0 saturated heterocycles. The average Bonchev–Trinajstić information content (AvgIpc) is 3.83. The second-order valence-corrected chi connectivity index (χ2v) is 14.0. The van der Waals surface area contributed by atoms with Gasteiger partial charge < -0.3 is 8.98 Å². The minimum Gasteiger partial charge on any atom is -0.456 e. The van der Waals surface area contributed by atoms with E-state index in [2.05, 4.69) is 145 Å². The summed E-state index contributed by atoms with van der Waals surface area (Å²) in [6.07, 6.45) is 0. The summed E-state index contributed by atoms with van der Waals surface area (Å²) in [5, 5.41) is 7.31. The van der Waals surface area contributed by atoms with Gasteiger partial charge in [0.2, 0.25) is 0 Å². The summed E-state index contributed by atoms with van der Waals surface area (Å²) in [4.78, 5) is 4.79. The molecule has 0 spiro atoms. The van der Waals surface area contributed by atoms with Gasteiger partial charge in [-0.1, -0.05) is 97.6 Å². The molecule has 0 aliphatic heterocycles. The van der Waals surface area contributed by atoms with Crippen molar-refractivity contribution in [1.29, 1.82) is 0 Å². The number of rotatable bonds is 5. The van der Waals surface area contributed by atoms with Gasteiger partial charge in [0.15, 0.2) is 0 Å². The number of fused-ring (bicyclic) bond motifs is 9. The molecule has 0 fully saturated rings. The van der Waals surface area contributed by atoms with E-state index in [0.717, 1.165) is 38.8 Å². The van der Waals surface area contributed by atoms with E-state index in [-0.39, 0.29) is 0 Å². The molecule has 4 heteroatoms. The molecule has 0 aliphatic rings. The molecule has 7 aromatic carbocycles. The molecule has 0 bridgehead atoms. The van der Waals surface area contributed by atoms with Gasteiger partial charge in [-0.3, -0.25) is 4.99 Å². The molecule has 10 aromatic rings. The average molecular weight is 659 g/mol. The highest BCUT2D eigenvalue weighted by Gasteiger charge is 2.15. The van der Waals surface area contributed by atoms with Gasteiger partial charge in [0.1, 0.15) is 11.2 Å². The Bertz CT molecular complexity index is 2960. The number of aliphatic imine (C=N–C) groups is 1. The maximum Gasteiger partial charge on any atom is 0.136 e. The molecule has 236 valence electrons. The van der Waals surface area contributed by atoms with Gasteiger partial charge in [-0.25, -0.2) is 0 Å². The SMILES string of the molecule is C=C(N=C(C)c1ccccc1)c1ccc2c(c1)oc1ccc(-c3ccc4c(c3)sc3ccc(-n5c6ccccc6c6ccccc65)cc34)cc12. The minimum atomic E-state index is 0.716. The van der Waals surface area contributed by atoms with Crippen LogP contribution in [0.4, 0.5) is 0 Å². The van der Waals surface area contributed by atoms with E-state index in [1.165, 1.54) is 58.8 Å². The number of hydrogen-bond acceptors (Lipinski definition) is 3. The lowest BCUT2D eigenvalue weighted by atomic mass is 10.0. The Labute approximate surface area is 292 Å². The van der Waals surface area contributed by atoms with Crippen molar-refractivity contribution in [1.82, 2.24) is 4.57 Å². The van der Waals surface area contributed by atoms with Crippen molar-refractivity contribution in [2.75, 3.05) is 0 Å². The highest BCUT2D eigenvalue weighted by atomic mass is 32.1. The van der Waals surface area contributed by atoms with Gasteiger partial charge in [0, 0.05) is 58.7 Å². The third kappa shape index (κ3) is 4.53. The normalized spacial score (nSPS) is 12.3. The van der Waals surface area contributed by atoms with Gasteiger partial charge >= 0.3 is 0 Å². The molecule has 0 atom stereocenters. The summed E-state index contributed by atoms with van der Waals surface area (Å²) in [6, 6.07) is 54.1. The molecule has 0 radical (unpaired) electrons. The van der Waals surface area contributed by atoms with Crippen LogP contribution in [-0.4, -0.2) is 10.3 Å². The van der Waals surface area contributed by atoms with Crippen molar-refractivity contribution in [2.24, 2.45) is 4.99 Å². The predicted octanol–water partition coefficient (Wildman–Crippen LogP) is 13.2. The van der Waals surface area contributed by atoms with Crippen molar-refractivity contribution in [3.8, 4) is 16.8 Å². The standard InChI is InChI=1S/C46H30N2OS/c1-28(30-10-4-3-5-11-30)47-29(2)31-16-20-37-39-24-32(18-22-43(39)49-44(37)25-31)33-17-21-38-40-27-34(19-23-45(40)50-46(38)26-33)48-41-14-8-6-12-35(41)36-13-7-9-15-42(36)48/h3-27H,2H2,1H3. The molecular formula is C46H30N2OS. The zero-order chi connectivity index (χ0) is 33.3. The van der Waals surface area contributed by atoms with Crippen LogP contribution < -0.4 is 0 Å². The molecule has 0 unspecified atom stereocenters. The predicted molar refractivity (Wildman–Crippen MR) is 214 cm³/mol. The molecule has 3 heterocycles. The molecule has 0 saturated carbocycles. The van der Waals surface area contributed by atoms with Gasteiger partial charge in [-0.15, -0.1) is 11.3 Å². The molecule has 50 heavy (non-hydrogen) atoms. The monoisotopic (exact) mass is 658 g/mol. The highest BCUT2D eigenvalue weighted by molar-refractivity contribution is 7.25. The van der Waals surface area contributed by atoms with Crippen LogP contribution in [0.3, 0.4) is 0 Å². The van der Waals surface area contributed by atoms with Crippen LogP contribution >= 0.6 is 11.3 Å².